The molecule has 7 heteroatoms. The van der Waals surface area contributed by atoms with Crippen molar-refractivity contribution >= 4 is 17.6 Å². The van der Waals surface area contributed by atoms with Crippen molar-refractivity contribution in [2.45, 2.75) is 46.6 Å². The van der Waals surface area contributed by atoms with Gasteiger partial charge in [0.05, 0.1) is 23.3 Å². The van der Waals surface area contributed by atoms with E-state index in [-0.39, 0.29) is 18.0 Å². The van der Waals surface area contributed by atoms with Crippen LogP contribution in [0.2, 0.25) is 0 Å². The summed E-state index contributed by atoms with van der Waals surface area (Å²) in [5, 5.41) is 7.36. The molecule has 1 aliphatic rings. The van der Waals surface area contributed by atoms with Crippen LogP contribution in [-0.4, -0.2) is 57.2 Å². The molecule has 1 saturated heterocycles. The van der Waals surface area contributed by atoms with E-state index in [0.29, 0.717) is 31.7 Å². The summed E-state index contributed by atoms with van der Waals surface area (Å²) in [5.41, 5.74) is 3.63. The van der Waals surface area contributed by atoms with Gasteiger partial charge in [0.25, 0.3) is 0 Å². The Morgan fingerprint density at radius 1 is 1.18 bits per heavy atom. The average Bonchev–Trinajstić information content (AvgIpc) is 3.31. The number of hydrogen-bond donors (Lipinski definition) is 1. The van der Waals surface area contributed by atoms with Gasteiger partial charge >= 0.3 is 6.03 Å². The van der Waals surface area contributed by atoms with Gasteiger partial charge in [-0.2, -0.15) is 5.10 Å². The molecule has 3 rings (SSSR count). The zero-order valence-electron chi connectivity index (χ0n) is 17.1. The standard InChI is InChI=1S/C21H29N5O2/c1-5-24(6-2)20(27)19-8-7-13-25(19)21(28)23-18-14-22-26(16(18)4)17-11-9-15(3)10-12-17/h9-12,14,19H,5-8,13H2,1-4H3,(H,23,28). The first-order valence-corrected chi connectivity index (χ1v) is 9.94. The number of benzene rings is 1. The Balaban J connectivity index is 1.74. The fourth-order valence-electron chi connectivity index (χ4n) is 3.68. The first kappa shape index (κ1) is 19.9. The maximum absolute atomic E-state index is 12.9. The third-order valence-corrected chi connectivity index (χ3v) is 5.40. The molecular formula is C21H29N5O2. The first-order valence-electron chi connectivity index (χ1n) is 9.94. The van der Waals surface area contributed by atoms with Crippen molar-refractivity contribution in [2.75, 3.05) is 25.0 Å². The molecule has 150 valence electrons. The monoisotopic (exact) mass is 383 g/mol. The molecule has 1 atom stereocenters. The Bertz CT molecular complexity index is 839. The summed E-state index contributed by atoms with van der Waals surface area (Å²) in [7, 11) is 0. The zero-order valence-corrected chi connectivity index (χ0v) is 17.1. The highest BCUT2D eigenvalue weighted by molar-refractivity contribution is 5.94. The van der Waals surface area contributed by atoms with E-state index >= 15 is 0 Å². The van der Waals surface area contributed by atoms with E-state index in [2.05, 4.69) is 10.4 Å². The van der Waals surface area contributed by atoms with Gasteiger partial charge in [0.15, 0.2) is 0 Å². The number of anilines is 1. The summed E-state index contributed by atoms with van der Waals surface area (Å²) >= 11 is 0. The predicted octanol–water partition coefficient (Wildman–Crippen LogP) is 3.35. The summed E-state index contributed by atoms with van der Waals surface area (Å²) in [5.74, 6) is 0.0322. The Kier molecular flexibility index (Phi) is 6.02. The quantitative estimate of drug-likeness (QED) is 0.861. The van der Waals surface area contributed by atoms with Crippen LogP contribution in [0.3, 0.4) is 0 Å². The maximum atomic E-state index is 12.9. The van der Waals surface area contributed by atoms with Crippen LogP contribution >= 0.6 is 0 Å². The Morgan fingerprint density at radius 3 is 2.50 bits per heavy atom. The van der Waals surface area contributed by atoms with Crippen molar-refractivity contribution in [2.24, 2.45) is 0 Å². The number of aryl methyl sites for hydroxylation is 1. The highest BCUT2D eigenvalue weighted by Crippen LogP contribution is 2.23. The Labute approximate surface area is 166 Å². The lowest BCUT2D eigenvalue weighted by atomic mass is 10.2. The number of nitrogens with one attached hydrogen (secondary N) is 1. The summed E-state index contributed by atoms with van der Waals surface area (Å²) < 4.78 is 1.80. The van der Waals surface area contributed by atoms with Crippen molar-refractivity contribution in [1.29, 1.82) is 0 Å². The molecule has 0 aliphatic carbocycles. The van der Waals surface area contributed by atoms with Crippen LogP contribution in [-0.2, 0) is 4.79 Å². The van der Waals surface area contributed by atoms with E-state index in [1.54, 1.807) is 20.7 Å². The third-order valence-electron chi connectivity index (χ3n) is 5.40. The molecular weight excluding hydrogens is 354 g/mol. The molecule has 1 N–H and O–H groups in total. The van der Waals surface area contributed by atoms with E-state index in [1.807, 2.05) is 52.0 Å². The van der Waals surface area contributed by atoms with Crippen LogP contribution in [0.1, 0.15) is 37.9 Å². The van der Waals surface area contributed by atoms with Crippen molar-refractivity contribution in [1.82, 2.24) is 19.6 Å². The number of nitrogens with zero attached hydrogens (tertiary/aromatic N) is 4. The summed E-state index contributed by atoms with van der Waals surface area (Å²) in [4.78, 5) is 29.1. The molecule has 0 radical (unpaired) electrons. The second kappa shape index (κ2) is 8.46. The van der Waals surface area contributed by atoms with Gasteiger partial charge in [-0.3, -0.25) is 4.79 Å². The molecule has 0 spiro atoms. The molecule has 1 aromatic carbocycles. The fraction of sp³-hybridized carbons (Fsp3) is 0.476. The van der Waals surface area contributed by atoms with E-state index < -0.39 is 0 Å². The molecule has 1 aliphatic heterocycles. The van der Waals surface area contributed by atoms with Crippen molar-refractivity contribution in [3.8, 4) is 5.69 Å². The molecule has 3 amide bonds. The van der Waals surface area contributed by atoms with Crippen LogP contribution < -0.4 is 5.32 Å². The number of urea groups is 1. The number of hydrogen-bond acceptors (Lipinski definition) is 3. The minimum absolute atomic E-state index is 0.0322. The molecule has 7 nitrogen and oxygen atoms in total. The smallest absolute Gasteiger partial charge is 0.322 e. The predicted molar refractivity (Wildman–Crippen MR) is 110 cm³/mol. The number of carbonyl (C=O) groups is 2. The van der Waals surface area contributed by atoms with Gasteiger partial charge in [-0.15, -0.1) is 0 Å². The molecule has 1 fully saturated rings. The lowest BCUT2D eigenvalue weighted by Gasteiger charge is -2.29. The van der Waals surface area contributed by atoms with E-state index in [4.69, 9.17) is 0 Å². The molecule has 2 aromatic rings. The highest BCUT2D eigenvalue weighted by atomic mass is 16.2. The lowest BCUT2D eigenvalue weighted by molar-refractivity contribution is -0.134. The zero-order chi connectivity index (χ0) is 20.3. The Hall–Kier alpha value is -2.83. The van der Waals surface area contributed by atoms with Crippen molar-refractivity contribution < 1.29 is 9.59 Å². The second-order valence-electron chi connectivity index (χ2n) is 7.18. The number of aromatic nitrogens is 2. The van der Waals surface area contributed by atoms with Gasteiger partial charge < -0.3 is 15.1 Å². The molecule has 0 bridgehead atoms. The summed E-state index contributed by atoms with van der Waals surface area (Å²) in [6.07, 6.45) is 3.21. The minimum atomic E-state index is -0.382. The van der Waals surface area contributed by atoms with Gasteiger partial charge in [-0.1, -0.05) is 17.7 Å². The van der Waals surface area contributed by atoms with Gasteiger partial charge in [-0.05, 0) is 52.7 Å². The molecule has 28 heavy (non-hydrogen) atoms. The van der Waals surface area contributed by atoms with Crippen LogP contribution in [0.5, 0.6) is 0 Å². The molecule has 2 heterocycles. The highest BCUT2D eigenvalue weighted by Gasteiger charge is 2.36. The van der Waals surface area contributed by atoms with E-state index in [1.165, 1.54) is 5.56 Å². The maximum Gasteiger partial charge on any atom is 0.322 e. The van der Waals surface area contributed by atoms with Crippen LogP contribution in [0, 0.1) is 13.8 Å². The SMILES string of the molecule is CCN(CC)C(=O)C1CCCN1C(=O)Nc1cnn(-c2ccc(C)cc2)c1C. The molecule has 1 aromatic heterocycles. The van der Waals surface area contributed by atoms with E-state index in [9.17, 15) is 9.59 Å². The molecule has 0 saturated carbocycles. The average molecular weight is 383 g/mol. The minimum Gasteiger partial charge on any atom is -0.341 e. The van der Waals surface area contributed by atoms with Crippen LogP contribution in [0.4, 0.5) is 10.5 Å². The number of likely N-dealkylation sites (tertiary alicyclic amines) is 1. The van der Waals surface area contributed by atoms with Gasteiger partial charge in [0.1, 0.15) is 6.04 Å². The molecule has 1 unspecified atom stereocenters. The number of rotatable bonds is 5. The van der Waals surface area contributed by atoms with Crippen LogP contribution in [0.15, 0.2) is 30.5 Å². The first-order chi connectivity index (χ1) is 13.5. The number of carbonyl (C=O) groups excluding carboxylic acids is 2. The normalized spacial score (nSPS) is 16.3. The summed E-state index contributed by atoms with van der Waals surface area (Å²) in [6.45, 7) is 9.79. The van der Waals surface area contributed by atoms with Gasteiger partial charge in [-0.25, -0.2) is 9.48 Å². The fourth-order valence-corrected chi connectivity index (χ4v) is 3.68. The lowest BCUT2D eigenvalue weighted by Crippen LogP contribution is -2.49. The van der Waals surface area contributed by atoms with Gasteiger partial charge in [0.2, 0.25) is 5.91 Å². The summed E-state index contributed by atoms with van der Waals surface area (Å²) in [6, 6.07) is 7.44. The van der Waals surface area contributed by atoms with E-state index in [0.717, 1.165) is 17.8 Å². The largest absolute Gasteiger partial charge is 0.341 e. The van der Waals surface area contributed by atoms with Crippen molar-refractivity contribution in [3.63, 3.8) is 0 Å². The number of amides is 3. The Morgan fingerprint density at radius 2 is 1.86 bits per heavy atom. The second-order valence-corrected chi connectivity index (χ2v) is 7.18. The van der Waals surface area contributed by atoms with Crippen molar-refractivity contribution in [3.05, 3.63) is 41.7 Å². The van der Waals surface area contributed by atoms with Gasteiger partial charge in [0, 0.05) is 19.6 Å². The third kappa shape index (κ3) is 3.88. The number of likely N-dealkylation sites (N-methyl/N-ethyl adjacent to an activating group) is 1. The van der Waals surface area contributed by atoms with Crippen LogP contribution in [0.25, 0.3) is 5.69 Å². The topological polar surface area (TPSA) is 70.5 Å².